The van der Waals surface area contributed by atoms with E-state index < -0.39 is 34.5 Å². The van der Waals surface area contributed by atoms with Crippen LogP contribution in [0, 0.1) is 0 Å². The number of ether oxygens (including phenoxy) is 2. The fraction of sp³-hybridized carbons (Fsp3) is 0.447. The number of halogens is 1. The second-order valence-electron chi connectivity index (χ2n) is 13.6. The van der Waals surface area contributed by atoms with Gasteiger partial charge in [0.1, 0.15) is 47.6 Å². The summed E-state index contributed by atoms with van der Waals surface area (Å²) in [5, 5.41) is 28.6. The number of morpholine rings is 1. The summed E-state index contributed by atoms with van der Waals surface area (Å²) in [5.41, 5.74) is 0.409. The quantitative estimate of drug-likeness (QED) is 0.0694. The molecule has 5 heterocycles. The molecule has 2 aromatic carbocycles. The normalized spacial score (nSPS) is 24.1. The third-order valence-corrected chi connectivity index (χ3v) is 10.9. The molecule has 0 aliphatic carbocycles. The van der Waals surface area contributed by atoms with Crippen molar-refractivity contribution >= 4 is 56.8 Å². The number of aromatic carboxylic acids is 2. The summed E-state index contributed by atoms with van der Waals surface area (Å²) >= 11 is 0. The molecule has 1 unspecified atom stereocenters. The van der Waals surface area contributed by atoms with E-state index in [1.54, 1.807) is 6.92 Å². The first-order valence-electron chi connectivity index (χ1n) is 17.4. The maximum atomic E-state index is 12.6. The Balaban J connectivity index is 0.000000229. The minimum Gasteiger partial charge on any atom is -0.477 e. The molecule has 0 saturated carbocycles. The number of carboxylic acid groups (broad SMARTS) is 2. The largest absolute Gasteiger partial charge is 1.00 e. The van der Waals surface area contributed by atoms with Gasteiger partial charge in [0, 0.05) is 42.5 Å². The summed E-state index contributed by atoms with van der Waals surface area (Å²) in [6, 6.07) is 13.5. The van der Waals surface area contributed by atoms with Gasteiger partial charge in [-0.2, -0.15) is 0 Å². The van der Waals surface area contributed by atoms with E-state index in [0.29, 0.717) is 48.2 Å². The number of pyridine rings is 1. The fourth-order valence-corrected chi connectivity index (χ4v) is 8.21. The standard InChI is InChI=1S/C19H17NO7.C19H26NO4.BrH.Na/c1-3-5-9-16-10(13(21)7-12(18(23)24)20(16)4-2)6-11-14(22)8-15(19(25)26)27-17(9)11;1-3-20(2)15-9-13(10-16(20)18-17(15)24-18)23-19(22)14(11-21)12-7-5-4-6-8-12;;/h6-8H,3-5H2,1-2H3,(H,23,24)(H,25,26);4-8,13-18,21H,3,9-11H2,1-2H3;1H;/q;+1;;+1/t;13-,14-,15-,16+,17-,18+,20?;;/m.1../s1. The van der Waals surface area contributed by atoms with E-state index in [1.807, 2.05) is 37.3 Å². The van der Waals surface area contributed by atoms with E-state index in [1.165, 1.54) is 10.6 Å². The molecule has 7 atom stereocenters. The second kappa shape index (κ2) is 17.0. The summed E-state index contributed by atoms with van der Waals surface area (Å²) < 4.78 is 19.6. The average molecular weight is 808 g/mol. The predicted octanol–water partition coefficient (Wildman–Crippen LogP) is 1.51. The zero-order valence-electron chi connectivity index (χ0n) is 30.4. The number of carbonyl (C=O) groups excluding carboxylic acids is 1. The van der Waals surface area contributed by atoms with Crippen LogP contribution < -0.4 is 40.4 Å². The molecule has 0 radical (unpaired) electrons. The van der Waals surface area contributed by atoms with E-state index in [4.69, 9.17) is 13.9 Å². The van der Waals surface area contributed by atoms with Crippen LogP contribution in [0.15, 0.2) is 62.5 Å². The van der Waals surface area contributed by atoms with Crippen LogP contribution in [-0.2, 0) is 27.2 Å². The Bertz CT molecular complexity index is 2120. The van der Waals surface area contributed by atoms with Crippen LogP contribution in [-0.4, -0.2) is 92.9 Å². The molecule has 3 saturated heterocycles. The predicted molar refractivity (Wildman–Crippen MR) is 197 cm³/mol. The molecule has 2 aromatic heterocycles. The Kier molecular flexibility index (Phi) is 13.6. The van der Waals surface area contributed by atoms with E-state index in [0.717, 1.165) is 41.6 Å². The molecule has 278 valence electrons. The Labute approximate surface area is 338 Å². The molecule has 3 fully saturated rings. The fourth-order valence-electron chi connectivity index (χ4n) is 8.21. The number of hydrogen-bond donors (Lipinski definition) is 3. The van der Waals surface area contributed by atoms with Gasteiger partial charge in [0.25, 0.3) is 0 Å². The number of benzene rings is 2. The molecule has 4 aromatic rings. The number of carbonyl (C=O) groups is 3. The van der Waals surface area contributed by atoms with Crippen molar-refractivity contribution in [1.82, 2.24) is 4.57 Å². The van der Waals surface area contributed by atoms with Crippen LogP contribution in [0.1, 0.15) is 78.1 Å². The smallest absolute Gasteiger partial charge is 0.477 e. The Morgan fingerprint density at radius 3 is 2.09 bits per heavy atom. The van der Waals surface area contributed by atoms with E-state index in [-0.39, 0.29) is 93.8 Å². The molecule has 3 aliphatic rings. The number of aliphatic hydroxyl groups is 1. The monoisotopic (exact) mass is 806 g/mol. The number of carboxylic acids is 2. The van der Waals surface area contributed by atoms with Crippen LogP contribution in [0.3, 0.4) is 0 Å². The first-order chi connectivity index (χ1) is 24.4. The summed E-state index contributed by atoms with van der Waals surface area (Å²) in [5.74, 6) is -4.05. The van der Waals surface area contributed by atoms with Gasteiger partial charge in [-0.1, -0.05) is 43.7 Å². The second-order valence-corrected chi connectivity index (χ2v) is 13.6. The van der Waals surface area contributed by atoms with Crippen LogP contribution in [0.4, 0.5) is 0 Å². The summed E-state index contributed by atoms with van der Waals surface area (Å²) in [7, 11) is 2.31. The number of likely N-dealkylation sites (N-methyl/N-ethyl adjacent to an activating group) is 1. The number of aliphatic hydroxyl groups excluding tert-OH is 1. The van der Waals surface area contributed by atoms with Gasteiger partial charge in [-0.3, -0.25) is 14.4 Å². The van der Waals surface area contributed by atoms with Crippen molar-refractivity contribution in [2.24, 2.45) is 0 Å². The third kappa shape index (κ3) is 7.77. The Morgan fingerprint density at radius 1 is 0.943 bits per heavy atom. The van der Waals surface area contributed by atoms with E-state index >= 15 is 0 Å². The van der Waals surface area contributed by atoms with Gasteiger partial charge in [-0.05, 0) is 31.9 Å². The first kappa shape index (κ1) is 42.4. The molecule has 3 N–H and O–H groups in total. The van der Waals surface area contributed by atoms with Gasteiger partial charge in [0.15, 0.2) is 10.9 Å². The zero-order valence-corrected chi connectivity index (χ0v) is 34.2. The number of epoxide rings is 1. The molecule has 15 heteroatoms. The van der Waals surface area contributed by atoms with Crippen molar-refractivity contribution in [2.75, 3.05) is 20.2 Å². The number of aryl methyl sites for hydroxylation is 2. The molecule has 0 amide bonds. The maximum absolute atomic E-state index is 12.6. The third-order valence-electron chi connectivity index (χ3n) is 10.9. The zero-order chi connectivity index (χ0) is 36.8. The van der Waals surface area contributed by atoms with Crippen LogP contribution in [0.25, 0.3) is 21.9 Å². The van der Waals surface area contributed by atoms with Crippen molar-refractivity contribution in [2.45, 2.75) is 89.3 Å². The number of quaternary nitrogens is 1. The van der Waals surface area contributed by atoms with Gasteiger partial charge >= 0.3 is 47.5 Å². The molecule has 7 rings (SSSR count). The SMILES string of the molecule is Br.CCCc1c2oc(C(=O)O)cc(=O)c2cc2c(=O)cc(C(=O)O)n(CC)c12.CC[N+]1(C)[C@@H]2C[C@@H](OC(=O)[C@H](CO)c3ccccc3)C[C@H]1[C@@H]1O[C@@H]12.[Na+]. The molecular weight excluding hydrogens is 763 g/mol. The van der Waals surface area contributed by atoms with Crippen molar-refractivity contribution in [3.8, 4) is 0 Å². The number of aromatic nitrogens is 1. The van der Waals surface area contributed by atoms with Crippen molar-refractivity contribution < 1.29 is 77.6 Å². The van der Waals surface area contributed by atoms with Crippen LogP contribution in [0.5, 0.6) is 0 Å². The van der Waals surface area contributed by atoms with Crippen molar-refractivity contribution in [1.29, 1.82) is 0 Å². The van der Waals surface area contributed by atoms with Crippen molar-refractivity contribution in [3.05, 3.63) is 91.6 Å². The van der Waals surface area contributed by atoms with Crippen molar-refractivity contribution in [3.63, 3.8) is 0 Å². The Hall–Kier alpha value is -3.37. The average Bonchev–Trinajstić information content (AvgIpc) is 3.88. The molecule has 0 spiro atoms. The maximum Gasteiger partial charge on any atom is 1.00 e. The Morgan fingerprint density at radius 2 is 1.57 bits per heavy atom. The van der Waals surface area contributed by atoms with Gasteiger partial charge in [-0.15, -0.1) is 17.0 Å². The van der Waals surface area contributed by atoms with Gasteiger partial charge in [-0.25, -0.2) is 9.59 Å². The minimum absolute atomic E-state index is 0. The molecular formula is C38H44BrN2NaO11+2. The first-order valence-corrected chi connectivity index (χ1v) is 17.4. The number of hydrogen-bond acceptors (Lipinski definition) is 9. The number of piperidine rings is 1. The van der Waals surface area contributed by atoms with E-state index in [9.17, 15) is 39.3 Å². The van der Waals surface area contributed by atoms with Gasteiger partial charge in [0.2, 0.25) is 5.76 Å². The minimum atomic E-state index is -1.39. The summed E-state index contributed by atoms with van der Waals surface area (Å²) in [6.45, 7) is 6.98. The number of esters is 1. The number of rotatable bonds is 10. The molecule has 53 heavy (non-hydrogen) atoms. The summed E-state index contributed by atoms with van der Waals surface area (Å²) in [6.07, 6.45) is 3.37. The van der Waals surface area contributed by atoms with Crippen LogP contribution in [0.2, 0.25) is 0 Å². The van der Waals surface area contributed by atoms with Crippen LogP contribution >= 0.6 is 17.0 Å². The molecule has 2 bridgehead atoms. The van der Waals surface area contributed by atoms with Gasteiger partial charge < -0.3 is 38.3 Å². The van der Waals surface area contributed by atoms with E-state index in [2.05, 4.69) is 14.0 Å². The number of nitrogens with zero attached hydrogens (tertiary/aromatic N) is 2. The summed E-state index contributed by atoms with van der Waals surface area (Å²) in [4.78, 5) is 60.4. The molecule has 13 nitrogen and oxygen atoms in total. The topological polar surface area (TPSA) is 186 Å². The number of fused-ring (bicyclic) bond motifs is 7. The van der Waals surface area contributed by atoms with Gasteiger partial charge in [0.05, 0.1) is 31.1 Å². The molecule has 3 aliphatic heterocycles.